The quantitative estimate of drug-likeness (QED) is 0.205. The molecule has 0 aliphatic heterocycles. The summed E-state index contributed by atoms with van der Waals surface area (Å²) >= 11 is 1.89. The summed E-state index contributed by atoms with van der Waals surface area (Å²) in [5, 5.41) is 7.93. The molecule has 2 heteroatoms. The highest BCUT2D eigenvalue weighted by Crippen LogP contribution is 2.55. The smallest absolute Gasteiger partial charge is 0.0623 e. The molecule has 1 nitrogen and oxygen atoms in total. The molecule has 1 aliphatic carbocycles. The van der Waals surface area contributed by atoms with Crippen LogP contribution in [-0.2, 0) is 5.41 Å². The van der Waals surface area contributed by atoms with Gasteiger partial charge in [0.15, 0.2) is 0 Å². The van der Waals surface area contributed by atoms with E-state index in [4.69, 9.17) is 0 Å². The van der Waals surface area contributed by atoms with Gasteiger partial charge in [-0.15, -0.1) is 11.3 Å². The molecule has 0 atom stereocenters. The van der Waals surface area contributed by atoms with Gasteiger partial charge in [-0.05, 0) is 51.7 Å². The van der Waals surface area contributed by atoms with E-state index in [9.17, 15) is 0 Å². The van der Waals surface area contributed by atoms with Gasteiger partial charge in [0.1, 0.15) is 0 Å². The molecule has 1 aliphatic rings. The molecule has 0 fully saturated rings. The van der Waals surface area contributed by atoms with Crippen molar-refractivity contribution in [1.29, 1.82) is 0 Å². The molecule has 2 heterocycles. The summed E-state index contributed by atoms with van der Waals surface area (Å²) in [5.41, 5.74) is 9.37. The van der Waals surface area contributed by atoms with Crippen molar-refractivity contribution in [3.8, 4) is 16.8 Å². The van der Waals surface area contributed by atoms with E-state index in [1.54, 1.807) is 0 Å². The minimum absolute atomic E-state index is 0.0781. The van der Waals surface area contributed by atoms with Crippen LogP contribution in [0, 0.1) is 0 Å². The average molecular weight is 516 g/mol. The number of hydrogen-bond acceptors (Lipinski definition) is 1. The highest BCUT2D eigenvalue weighted by Gasteiger charge is 2.38. The minimum Gasteiger partial charge on any atom is -0.308 e. The Labute approximate surface area is 230 Å². The lowest BCUT2D eigenvalue weighted by atomic mass is 9.82. The van der Waals surface area contributed by atoms with Gasteiger partial charge in [-0.1, -0.05) is 105 Å². The van der Waals surface area contributed by atoms with Crippen molar-refractivity contribution in [2.24, 2.45) is 0 Å². The van der Waals surface area contributed by atoms with Gasteiger partial charge in [-0.25, -0.2) is 0 Å². The van der Waals surface area contributed by atoms with Gasteiger partial charge in [0.2, 0.25) is 0 Å². The highest BCUT2D eigenvalue weighted by molar-refractivity contribution is 7.25. The van der Waals surface area contributed by atoms with Crippen molar-refractivity contribution in [2.45, 2.75) is 19.3 Å². The molecule has 2 aromatic heterocycles. The Bertz CT molecular complexity index is 2310. The van der Waals surface area contributed by atoms with Crippen molar-refractivity contribution >= 4 is 64.1 Å². The van der Waals surface area contributed by atoms with Crippen molar-refractivity contribution in [1.82, 2.24) is 4.57 Å². The Morgan fingerprint density at radius 2 is 1.23 bits per heavy atom. The lowest BCUT2D eigenvalue weighted by Gasteiger charge is -2.21. The maximum absolute atomic E-state index is 2.57. The van der Waals surface area contributed by atoms with Crippen LogP contribution >= 0.6 is 11.3 Å². The van der Waals surface area contributed by atoms with Gasteiger partial charge < -0.3 is 4.57 Å². The fraction of sp³-hybridized carbons (Fsp3) is 0.0811. The largest absolute Gasteiger partial charge is 0.308 e. The van der Waals surface area contributed by atoms with Crippen LogP contribution in [0.1, 0.15) is 25.0 Å². The normalized spacial score (nSPS) is 14.1. The predicted octanol–water partition coefficient (Wildman–Crippen LogP) is 10.6. The topological polar surface area (TPSA) is 4.93 Å². The number of thiophene rings is 1. The van der Waals surface area contributed by atoms with Crippen LogP contribution in [0.25, 0.3) is 69.6 Å². The molecule has 0 amide bonds. The lowest BCUT2D eigenvalue weighted by molar-refractivity contribution is 0.661. The molecule has 0 saturated heterocycles. The van der Waals surface area contributed by atoms with Crippen LogP contribution in [0.2, 0.25) is 0 Å². The molecule has 0 unspecified atom stereocenters. The second-order valence-electron chi connectivity index (χ2n) is 11.3. The lowest BCUT2D eigenvalue weighted by Crippen LogP contribution is -2.14. The van der Waals surface area contributed by atoms with Crippen LogP contribution in [-0.4, -0.2) is 4.57 Å². The Morgan fingerprint density at radius 3 is 2.13 bits per heavy atom. The molecular weight excluding hydrogens is 490 g/mol. The van der Waals surface area contributed by atoms with Crippen LogP contribution in [0.4, 0.5) is 0 Å². The number of rotatable bonds is 1. The molecule has 0 radical (unpaired) electrons. The van der Waals surface area contributed by atoms with Gasteiger partial charge in [0.05, 0.1) is 16.7 Å². The summed E-state index contributed by atoms with van der Waals surface area (Å²) in [6.45, 7) is 4.77. The number of fused-ring (bicyclic) bond motifs is 12. The van der Waals surface area contributed by atoms with Crippen LogP contribution in [0.15, 0.2) is 115 Å². The highest BCUT2D eigenvalue weighted by atomic mass is 32.1. The summed E-state index contributed by atoms with van der Waals surface area (Å²) in [4.78, 5) is 0. The van der Waals surface area contributed by atoms with Gasteiger partial charge in [-0.2, -0.15) is 0 Å². The molecule has 8 aromatic rings. The van der Waals surface area contributed by atoms with Gasteiger partial charge in [-0.3, -0.25) is 0 Å². The van der Waals surface area contributed by atoms with E-state index in [0.29, 0.717) is 0 Å². The molecule has 6 aromatic carbocycles. The predicted molar refractivity (Wildman–Crippen MR) is 169 cm³/mol. The monoisotopic (exact) mass is 515 g/mol. The maximum Gasteiger partial charge on any atom is 0.0623 e. The molecule has 0 saturated carbocycles. The molecule has 0 spiro atoms. The summed E-state index contributed by atoms with van der Waals surface area (Å²) in [7, 11) is 0. The van der Waals surface area contributed by atoms with Gasteiger partial charge >= 0.3 is 0 Å². The Balaban J connectivity index is 1.55. The number of hydrogen-bond donors (Lipinski definition) is 0. The standard InChI is InChI=1S/C37H25NS/c1-37(2)27-20-18-22-10-3-4-11-23(22)33(27)35-28(37)21-19-25-24-12-5-7-14-29(24)38(36(25)35)30-15-9-17-32-34(30)26-13-6-8-16-31(26)39-32/h3-21H,1-2H3. The number of nitrogens with zero attached hydrogens (tertiary/aromatic N) is 1. The summed E-state index contributed by atoms with van der Waals surface area (Å²) < 4.78 is 5.24. The number of benzene rings is 6. The first kappa shape index (κ1) is 21.5. The fourth-order valence-corrected chi connectivity index (χ4v) is 8.36. The summed E-state index contributed by atoms with van der Waals surface area (Å²) in [5.74, 6) is 0. The first-order valence-corrected chi connectivity index (χ1v) is 14.4. The zero-order valence-corrected chi connectivity index (χ0v) is 22.6. The van der Waals surface area contributed by atoms with E-state index in [0.717, 1.165) is 0 Å². The number of para-hydroxylation sites is 1. The molecule has 39 heavy (non-hydrogen) atoms. The van der Waals surface area contributed by atoms with Crippen LogP contribution in [0.5, 0.6) is 0 Å². The molecule has 0 N–H and O–H groups in total. The number of aromatic nitrogens is 1. The first-order chi connectivity index (χ1) is 19.1. The van der Waals surface area contributed by atoms with Crippen molar-refractivity contribution in [3.05, 3.63) is 126 Å². The van der Waals surface area contributed by atoms with Crippen molar-refractivity contribution < 1.29 is 0 Å². The van der Waals surface area contributed by atoms with E-state index in [-0.39, 0.29) is 5.41 Å². The van der Waals surface area contributed by atoms with Crippen LogP contribution < -0.4 is 0 Å². The molecule has 184 valence electrons. The first-order valence-electron chi connectivity index (χ1n) is 13.6. The average Bonchev–Trinajstić information content (AvgIpc) is 3.59. The third kappa shape index (κ3) is 2.65. The second-order valence-corrected chi connectivity index (χ2v) is 12.4. The molecular formula is C37H25NS. The Kier molecular flexibility index (Phi) is 4.07. The Morgan fingerprint density at radius 1 is 0.538 bits per heavy atom. The minimum atomic E-state index is -0.0781. The summed E-state index contributed by atoms with van der Waals surface area (Å²) in [6, 6.07) is 42.9. The third-order valence-corrected chi connectivity index (χ3v) is 10.1. The van der Waals surface area contributed by atoms with E-state index in [1.807, 2.05) is 11.3 Å². The second kappa shape index (κ2) is 7.37. The molecule has 0 bridgehead atoms. The van der Waals surface area contributed by atoms with Crippen molar-refractivity contribution in [2.75, 3.05) is 0 Å². The third-order valence-electron chi connectivity index (χ3n) is 8.98. The van der Waals surface area contributed by atoms with E-state index in [2.05, 4.69) is 134 Å². The van der Waals surface area contributed by atoms with Gasteiger partial charge in [0, 0.05) is 41.9 Å². The molecule has 9 rings (SSSR count). The zero-order chi connectivity index (χ0) is 25.9. The van der Waals surface area contributed by atoms with E-state index < -0.39 is 0 Å². The van der Waals surface area contributed by atoms with Gasteiger partial charge in [0.25, 0.3) is 0 Å². The maximum atomic E-state index is 2.57. The SMILES string of the molecule is CC1(C)c2ccc3ccccc3c2-c2c1ccc1c3ccccc3n(-c3cccc4sc5ccccc5c34)c21. The Hall–Kier alpha value is -4.40. The van der Waals surface area contributed by atoms with E-state index >= 15 is 0 Å². The van der Waals surface area contributed by atoms with Crippen molar-refractivity contribution in [3.63, 3.8) is 0 Å². The zero-order valence-electron chi connectivity index (χ0n) is 21.8. The van der Waals surface area contributed by atoms with E-state index in [1.165, 1.54) is 80.7 Å². The van der Waals surface area contributed by atoms with Crippen LogP contribution in [0.3, 0.4) is 0 Å². The summed E-state index contributed by atoms with van der Waals surface area (Å²) in [6.07, 6.45) is 0. The fourth-order valence-electron chi connectivity index (χ4n) is 7.23.